The second-order valence-electron chi connectivity index (χ2n) is 8.17. The van der Waals surface area contributed by atoms with Crippen LogP contribution in [0.3, 0.4) is 0 Å². The zero-order valence-electron chi connectivity index (χ0n) is 18.7. The number of hydrogen-bond donors (Lipinski definition) is 2. The Kier molecular flexibility index (Phi) is 5.44. The highest BCUT2D eigenvalue weighted by Gasteiger charge is 2.46. The molecule has 3 aromatic carbocycles. The lowest BCUT2D eigenvalue weighted by Crippen LogP contribution is -2.54. The molecule has 2 N–H and O–H groups in total. The van der Waals surface area contributed by atoms with Gasteiger partial charge in [0, 0.05) is 18.2 Å². The van der Waals surface area contributed by atoms with Crippen molar-refractivity contribution in [2.24, 2.45) is 0 Å². The molecule has 0 spiro atoms. The SMILES string of the molecule is COc1ccc(O)c(N(c2ccccc2)c2cccc3c2C(=O)N(C2CCC(=O)NC2=O)C3=O)c1. The van der Waals surface area contributed by atoms with Crippen molar-refractivity contribution in [1.82, 2.24) is 10.2 Å². The molecule has 176 valence electrons. The molecule has 1 unspecified atom stereocenters. The number of phenols is 1. The zero-order chi connectivity index (χ0) is 24.7. The van der Waals surface area contributed by atoms with Crippen molar-refractivity contribution in [3.63, 3.8) is 0 Å². The third kappa shape index (κ3) is 3.67. The summed E-state index contributed by atoms with van der Waals surface area (Å²) in [5.41, 5.74) is 1.56. The van der Waals surface area contributed by atoms with Gasteiger partial charge >= 0.3 is 0 Å². The number of carbonyl (C=O) groups excluding carboxylic acids is 4. The van der Waals surface area contributed by atoms with E-state index in [2.05, 4.69) is 5.32 Å². The van der Waals surface area contributed by atoms with E-state index < -0.39 is 29.7 Å². The monoisotopic (exact) mass is 471 g/mol. The van der Waals surface area contributed by atoms with Gasteiger partial charge in [0.1, 0.15) is 17.5 Å². The Bertz CT molecular complexity index is 1370. The normalized spacial score (nSPS) is 17.3. The lowest BCUT2D eigenvalue weighted by molar-refractivity contribution is -0.136. The van der Waals surface area contributed by atoms with Crippen LogP contribution < -0.4 is 15.0 Å². The summed E-state index contributed by atoms with van der Waals surface area (Å²) in [7, 11) is 1.50. The number of benzene rings is 3. The molecule has 0 bridgehead atoms. The molecule has 0 radical (unpaired) electrons. The molecule has 2 aliphatic rings. The van der Waals surface area contributed by atoms with Crippen molar-refractivity contribution in [3.05, 3.63) is 77.9 Å². The van der Waals surface area contributed by atoms with Crippen LogP contribution in [0.2, 0.25) is 0 Å². The molecule has 0 aromatic heterocycles. The minimum Gasteiger partial charge on any atom is -0.506 e. The molecule has 4 amide bonds. The maximum atomic E-state index is 13.7. The molecule has 0 aliphatic carbocycles. The molecule has 0 saturated carbocycles. The molecular weight excluding hydrogens is 450 g/mol. The predicted molar refractivity (Wildman–Crippen MR) is 126 cm³/mol. The second-order valence-corrected chi connectivity index (χ2v) is 8.17. The number of nitrogens with zero attached hydrogens (tertiary/aromatic N) is 2. The van der Waals surface area contributed by atoms with E-state index in [1.54, 1.807) is 41.3 Å². The van der Waals surface area contributed by atoms with Gasteiger partial charge in [-0.3, -0.25) is 29.4 Å². The van der Waals surface area contributed by atoms with E-state index in [0.29, 0.717) is 22.8 Å². The Morgan fingerprint density at radius 2 is 1.71 bits per heavy atom. The number of anilines is 3. The number of methoxy groups -OCH3 is 1. The molecule has 1 fully saturated rings. The Balaban J connectivity index is 1.67. The number of carbonyl (C=O) groups is 4. The minimum atomic E-state index is -1.08. The van der Waals surface area contributed by atoms with Crippen LogP contribution in [0.1, 0.15) is 33.6 Å². The summed E-state index contributed by atoms with van der Waals surface area (Å²) in [6, 6.07) is 17.5. The Hall–Kier alpha value is -4.66. The van der Waals surface area contributed by atoms with Gasteiger partial charge in [-0.25, -0.2) is 0 Å². The summed E-state index contributed by atoms with van der Waals surface area (Å²) in [4.78, 5) is 53.6. The van der Waals surface area contributed by atoms with Gasteiger partial charge in [-0.2, -0.15) is 0 Å². The number of nitrogens with one attached hydrogen (secondary N) is 1. The molecule has 5 rings (SSSR count). The lowest BCUT2D eigenvalue weighted by atomic mass is 10.0. The minimum absolute atomic E-state index is 0.0322. The number of ether oxygens (including phenoxy) is 1. The largest absolute Gasteiger partial charge is 0.506 e. The summed E-state index contributed by atoms with van der Waals surface area (Å²) < 4.78 is 5.34. The van der Waals surface area contributed by atoms with E-state index >= 15 is 0 Å². The second kappa shape index (κ2) is 8.60. The average Bonchev–Trinajstić information content (AvgIpc) is 3.12. The third-order valence-corrected chi connectivity index (χ3v) is 6.12. The van der Waals surface area contributed by atoms with Gasteiger partial charge in [-0.1, -0.05) is 24.3 Å². The van der Waals surface area contributed by atoms with E-state index in [1.807, 2.05) is 18.2 Å². The summed E-state index contributed by atoms with van der Waals surface area (Å²) in [5.74, 6) is -1.94. The molecule has 1 atom stereocenters. The zero-order valence-corrected chi connectivity index (χ0v) is 18.7. The number of para-hydroxylation sites is 1. The first kappa shape index (κ1) is 22.1. The highest BCUT2D eigenvalue weighted by molar-refractivity contribution is 6.26. The standard InChI is InChI=1S/C26H21N3O6/c1-35-16-10-12-21(30)20(14-16)28(15-6-3-2-4-7-15)18-9-5-8-17-23(18)26(34)29(25(17)33)19-11-13-22(31)27-24(19)32/h2-10,12,14,19,30H,11,13H2,1H3,(H,27,31,32). The van der Waals surface area contributed by atoms with Gasteiger partial charge in [0.2, 0.25) is 11.8 Å². The van der Waals surface area contributed by atoms with Gasteiger partial charge in [-0.05, 0) is 42.8 Å². The molecule has 2 aliphatic heterocycles. The Morgan fingerprint density at radius 1 is 0.943 bits per heavy atom. The number of phenolic OH excluding ortho intramolecular Hbond substituents is 1. The quantitative estimate of drug-likeness (QED) is 0.549. The Morgan fingerprint density at radius 3 is 2.43 bits per heavy atom. The molecule has 9 heteroatoms. The maximum absolute atomic E-state index is 13.7. The number of piperidine rings is 1. The number of rotatable bonds is 5. The van der Waals surface area contributed by atoms with E-state index in [1.165, 1.54) is 19.2 Å². The summed E-state index contributed by atoms with van der Waals surface area (Å²) in [6.45, 7) is 0. The van der Waals surface area contributed by atoms with Gasteiger partial charge in [0.05, 0.1) is 29.6 Å². The fourth-order valence-corrected chi connectivity index (χ4v) is 4.48. The van der Waals surface area contributed by atoms with Gasteiger partial charge < -0.3 is 14.7 Å². The first-order chi connectivity index (χ1) is 16.9. The van der Waals surface area contributed by atoms with Crippen LogP contribution in [0, 0.1) is 0 Å². The number of aromatic hydroxyl groups is 1. The van der Waals surface area contributed by atoms with Crippen LogP contribution in [0.25, 0.3) is 0 Å². The van der Waals surface area contributed by atoms with Crippen LogP contribution in [0.4, 0.5) is 17.1 Å². The summed E-state index contributed by atoms with van der Waals surface area (Å²) in [6.07, 6.45) is 0.0923. The molecule has 3 aromatic rings. The number of fused-ring (bicyclic) bond motifs is 1. The number of hydrogen-bond acceptors (Lipinski definition) is 7. The third-order valence-electron chi connectivity index (χ3n) is 6.12. The van der Waals surface area contributed by atoms with E-state index in [9.17, 15) is 24.3 Å². The molecule has 35 heavy (non-hydrogen) atoms. The lowest BCUT2D eigenvalue weighted by Gasteiger charge is -2.29. The Labute approximate surface area is 200 Å². The van der Waals surface area contributed by atoms with Crippen LogP contribution in [-0.2, 0) is 9.59 Å². The maximum Gasteiger partial charge on any atom is 0.264 e. The number of imide groups is 2. The van der Waals surface area contributed by atoms with Crippen molar-refractivity contribution in [2.45, 2.75) is 18.9 Å². The topological polar surface area (TPSA) is 116 Å². The van der Waals surface area contributed by atoms with Crippen molar-refractivity contribution in [2.75, 3.05) is 12.0 Å². The van der Waals surface area contributed by atoms with Crippen LogP contribution in [-0.4, -0.2) is 46.8 Å². The van der Waals surface area contributed by atoms with Crippen molar-refractivity contribution < 1.29 is 29.0 Å². The molecule has 9 nitrogen and oxygen atoms in total. The molecular formula is C26H21N3O6. The highest BCUT2D eigenvalue weighted by atomic mass is 16.5. The average molecular weight is 471 g/mol. The first-order valence-electron chi connectivity index (χ1n) is 11.0. The number of amides is 4. The fourth-order valence-electron chi connectivity index (χ4n) is 4.48. The van der Waals surface area contributed by atoms with Crippen molar-refractivity contribution >= 4 is 40.7 Å². The van der Waals surface area contributed by atoms with Crippen LogP contribution in [0.5, 0.6) is 11.5 Å². The van der Waals surface area contributed by atoms with Crippen LogP contribution >= 0.6 is 0 Å². The van der Waals surface area contributed by atoms with Gasteiger partial charge in [0.15, 0.2) is 0 Å². The van der Waals surface area contributed by atoms with Gasteiger partial charge in [0.25, 0.3) is 11.8 Å². The van der Waals surface area contributed by atoms with Crippen molar-refractivity contribution in [3.8, 4) is 11.5 Å². The van der Waals surface area contributed by atoms with E-state index in [-0.39, 0.29) is 29.7 Å². The fraction of sp³-hybridized carbons (Fsp3) is 0.154. The van der Waals surface area contributed by atoms with Crippen LogP contribution in [0.15, 0.2) is 66.7 Å². The highest BCUT2D eigenvalue weighted by Crippen LogP contribution is 2.45. The first-order valence-corrected chi connectivity index (χ1v) is 11.0. The van der Waals surface area contributed by atoms with Gasteiger partial charge in [-0.15, -0.1) is 0 Å². The van der Waals surface area contributed by atoms with E-state index in [0.717, 1.165) is 4.90 Å². The summed E-state index contributed by atoms with van der Waals surface area (Å²) in [5, 5.41) is 13.0. The molecule has 1 saturated heterocycles. The smallest absolute Gasteiger partial charge is 0.264 e. The van der Waals surface area contributed by atoms with Crippen molar-refractivity contribution in [1.29, 1.82) is 0 Å². The predicted octanol–water partition coefficient (Wildman–Crippen LogP) is 3.27. The molecule has 2 heterocycles. The summed E-state index contributed by atoms with van der Waals surface area (Å²) >= 11 is 0. The van der Waals surface area contributed by atoms with E-state index in [4.69, 9.17) is 4.74 Å².